The molecule has 1 fully saturated rings. The maximum atomic E-state index is 13.0. The van der Waals surface area contributed by atoms with Gasteiger partial charge in [-0.05, 0) is 19.4 Å². The van der Waals surface area contributed by atoms with Gasteiger partial charge in [0.15, 0.2) is 0 Å². The van der Waals surface area contributed by atoms with E-state index in [9.17, 15) is 9.59 Å². The molecule has 14 heteroatoms. The number of nitrogens with one attached hydrogen (secondary N) is 1. The van der Waals surface area contributed by atoms with Gasteiger partial charge in [0.1, 0.15) is 34.1 Å². The number of hydrogen-bond donors (Lipinski definition) is 2. The first-order valence-electron chi connectivity index (χ1n) is 18.5. The lowest BCUT2D eigenvalue weighted by Gasteiger charge is -2.41. The third-order valence-corrected chi connectivity index (χ3v) is 9.47. The van der Waals surface area contributed by atoms with E-state index >= 15 is 0 Å². The van der Waals surface area contributed by atoms with Gasteiger partial charge in [0.25, 0.3) is 0 Å². The number of ketones is 1. The molecule has 0 aliphatic carbocycles. The molecule has 14 nitrogen and oxygen atoms in total. The predicted octanol–water partition coefficient (Wildman–Crippen LogP) is 3.20. The highest BCUT2D eigenvalue weighted by Gasteiger charge is 2.31. The normalized spacial score (nSPS) is 14.8. The number of quaternary nitrogens is 1. The van der Waals surface area contributed by atoms with Crippen molar-refractivity contribution in [3.05, 3.63) is 24.0 Å². The molecule has 0 saturated carbocycles. The van der Waals surface area contributed by atoms with Gasteiger partial charge in [-0.1, -0.05) is 13.3 Å². The van der Waals surface area contributed by atoms with E-state index in [1.165, 1.54) is 5.69 Å². The van der Waals surface area contributed by atoms with Crippen molar-refractivity contribution in [1.82, 2.24) is 29.2 Å². The number of amides is 1. The summed E-state index contributed by atoms with van der Waals surface area (Å²) in [5, 5.41) is 1.04. The molecular weight excluding hydrogens is 654 g/mol. The number of likely N-dealkylation sites (N-methyl/N-ethyl adjacent to an activating group) is 1. The number of nitrogens with two attached hydrogens (primary N) is 1. The Morgan fingerprint density at radius 3 is 2.29 bits per heavy atom. The first kappa shape index (κ1) is 40.5. The summed E-state index contributed by atoms with van der Waals surface area (Å²) >= 11 is 0. The van der Waals surface area contributed by atoms with E-state index < -0.39 is 0 Å². The number of unbranched alkanes of at least 4 members (excludes halogenated alkanes) is 1. The van der Waals surface area contributed by atoms with Crippen LogP contribution in [0.25, 0.3) is 21.9 Å². The number of rotatable bonds is 25. The number of aromatic amines is 1. The Bertz CT molecular complexity index is 1510. The van der Waals surface area contributed by atoms with Gasteiger partial charge in [0, 0.05) is 70.2 Å². The minimum atomic E-state index is -0.0138. The van der Waals surface area contributed by atoms with Crippen LogP contribution in [0.2, 0.25) is 0 Å². The number of carbonyl (C=O) groups excluding carboxylic acids is 2. The lowest BCUT2D eigenvalue weighted by Crippen LogP contribution is -2.58. The second-order valence-electron chi connectivity index (χ2n) is 13.4. The van der Waals surface area contributed by atoms with Gasteiger partial charge in [-0.2, -0.15) is 0 Å². The smallest absolute Gasteiger partial charge is 0.225 e. The van der Waals surface area contributed by atoms with Crippen molar-refractivity contribution < 1.29 is 33.3 Å². The van der Waals surface area contributed by atoms with Crippen LogP contribution >= 0.6 is 0 Å². The average molecular weight is 715 g/mol. The molecule has 1 aromatic carbocycles. The maximum Gasteiger partial charge on any atom is 0.225 e. The summed E-state index contributed by atoms with van der Waals surface area (Å²) < 4.78 is 28.4. The summed E-state index contributed by atoms with van der Waals surface area (Å²) in [6, 6.07) is 6.50. The van der Waals surface area contributed by atoms with Crippen LogP contribution in [0.3, 0.4) is 0 Å². The molecule has 0 unspecified atom stereocenters. The van der Waals surface area contributed by atoms with Gasteiger partial charge in [0.2, 0.25) is 5.91 Å². The fourth-order valence-electron chi connectivity index (χ4n) is 6.13. The molecule has 0 atom stereocenters. The fourth-order valence-corrected chi connectivity index (χ4v) is 6.13. The van der Waals surface area contributed by atoms with Crippen LogP contribution in [0.5, 0.6) is 0 Å². The molecule has 1 aliphatic heterocycles. The molecule has 0 spiro atoms. The quantitative estimate of drug-likeness (QED) is 0.0983. The lowest BCUT2D eigenvalue weighted by molar-refractivity contribution is -0.134. The number of aromatic nitrogens is 3. The van der Waals surface area contributed by atoms with E-state index in [4.69, 9.17) is 34.4 Å². The summed E-state index contributed by atoms with van der Waals surface area (Å²) in [5.41, 5.74) is 10.2. The van der Waals surface area contributed by atoms with Gasteiger partial charge < -0.3 is 39.3 Å². The number of methoxy groups -OCH3 is 1. The van der Waals surface area contributed by atoms with Gasteiger partial charge in [-0.3, -0.25) is 19.0 Å². The standard InChI is InChI=1S/C37H60N7O7/c1-5-6-7-33-40-35-31-28-30(8-9-32(31)39-37(38)36(35)41-33)44(3)17-12-42(13-18-44)14-21-50-23-16-43(15-22-48-19-10-29(2)45)34(46)11-20-49-26-27-51-25-24-47-4/h8-9,28H,5-7,10-27H2,1-4H3,(H2,38,39)(H,40,41)/q+1. The summed E-state index contributed by atoms with van der Waals surface area (Å²) in [5.74, 6) is 1.53. The summed E-state index contributed by atoms with van der Waals surface area (Å²) in [6.07, 6.45) is 3.73. The number of nitrogen functional groups attached to an aromatic ring is 1. The zero-order valence-electron chi connectivity index (χ0n) is 31.3. The second-order valence-corrected chi connectivity index (χ2v) is 13.4. The number of fused-ring (bicyclic) bond motifs is 3. The number of carbonyl (C=O) groups is 2. The molecule has 3 N–H and O–H groups in total. The van der Waals surface area contributed by atoms with Gasteiger partial charge in [-0.15, -0.1) is 0 Å². The van der Waals surface area contributed by atoms with Crippen molar-refractivity contribution in [2.75, 3.05) is 125 Å². The number of anilines is 1. The molecule has 284 valence electrons. The number of Topliss-reactive ketones (excluding diaryl/α,β-unsaturated/α-hetero) is 1. The number of nitrogens with zero attached hydrogens (tertiary/aromatic N) is 5. The van der Waals surface area contributed by atoms with Crippen LogP contribution in [-0.2, 0) is 39.7 Å². The fraction of sp³-hybridized carbons (Fsp3) is 0.676. The van der Waals surface area contributed by atoms with Gasteiger partial charge >= 0.3 is 0 Å². The van der Waals surface area contributed by atoms with Crippen LogP contribution in [-0.4, -0.2) is 156 Å². The third-order valence-electron chi connectivity index (χ3n) is 9.47. The Kier molecular flexibility index (Phi) is 16.9. The van der Waals surface area contributed by atoms with Crippen molar-refractivity contribution in [3.8, 4) is 0 Å². The first-order chi connectivity index (χ1) is 24.7. The Morgan fingerprint density at radius 2 is 1.59 bits per heavy atom. The number of imidazole rings is 1. The highest BCUT2D eigenvalue weighted by molar-refractivity contribution is 6.07. The van der Waals surface area contributed by atoms with E-state index in [0.29, 0.717) is 84.8 Å². The first-order valence-corrected chi connectivity index (χ1v) is 18.5. The van der Waals surface area contributed by atoms with Crippen molar-refractivity contribution >= 4 is 45.1 Å². The molecule has 4 rings (SSSR count). The minimum Gasteiger partial charge on any atom is -0.382 e. The van der Waals surface area contributed by atoms with E-state index in [0.717, 1.165) is 84.2 Å². The number of H-pyrrole nitrogens is 1. The molecule has 3 heterocycles. The van der Waals surface area contributed by atoms with Crippen LogP contribution in [0.15, 0.2) is 18.2 Å². The van der Waals surface area contributed by atoms with E-state index in [2.05, 4.69) is 47.0 Å². The van der Waals surface area contributed by atoms with E-state index in [1.54, 1.807) is 18.9 Å². The average Bonchev–Trinajstić information content (AvgIpc) is 3.56. The molecule has 1 amide bonds. The van der Waals surface area contributed by atoms with Crippen molar-refractivity contribution in [2.45, 2.75) is 46.0 Å². The summed E-state index contributed by atoms with van der Waals surface area (Å²) in [4.78, 5) is 41.4. The van der Waals surface area contributed by atoms with Gasteiger partial charge in [-0.25, -0.2) is 9.97 Å². The highest BCUT2D eigenvalue weighted by Crippen LogP contribution is 2.32. The second kappa shape index (κ2) is 21.3. The van der Waals surface area contributed by atoms with Crippen molar-refractivity contribution in [3.63, 3.8) is 0 Å². The number of piperazine rings is 1. The number of benzene rings is 1. The topological polar surface area (TPSA) is 154 Å². The predicted molar refractivity (Wildman–Crippen MR) is 200 cm³/mol. The zero-order valence-corrected chi connectivity index (χ0v) is 31.3. The zero-order chi connectivity index (χ0) is 36.5. The summed E-state index contributed by atoms with van der Waals surface area (Å²) in [7, 11) is 3.93. The molecule has 1 aliphatic rings. The largest absolute Gasteiger partial charge is 0.382 e. The number of hydrogen-bond acceptors (Lipinski definition) is 11. The lowest BCUT2D eigenvalue weighted by atomic mass is 10.1. The molecule has 51 heavy (non-hydrogen) atoms. The van der Waals surface area contributed by atoms with Crippen molar-refractivity contribution in [2.24, 2.45) is 0 Å². The molecule has 1 saturated heterocycles. The molecule has 3 aromatic rings. The van der Waals surface area contributed by atoms with E-state index in [-0.39, 0.29) is 18.1 Å². The molecular formula is C37H60N7O7+. The van der Waals surface area contributed by atoms with Crippen LogP contribution in [0.1, 0.15) is 45.4 Å². The van der Waals surface area contributed by atoms with E-state index in [1.807, 2.05) is 0 Å². The third kappa shape index (κ3) is 12.7. The minimum absolute atomic E-state index is 0.0138. The molecule has 0 radical (unpaired) electrons. The Morgan fingerprint density at radius 1 is 0.922 bits per heavy atom. The number of pyridine rings is 1. The molecule has 0 bridgehead atoms. The SMILES string of the molecule is CCCCc1nc2c([nH]1)c(N)nc1ccc([N+]3(C)CCN(CCOCCN(CCOCCC(C)=O)C(=O)CCOCCOCCOC)CC3)cc12. The monoisotopic (exact) mass is 714 g/mol. The Balaban J connectivity index is 1.21. The van der Waals surface area contributed by atoms with Crippen LogP contribution in [0, 0.1) is 0 Å². The maximum absolute atomic E-state index is 13.0. The highest BCUT2D eigenvalue weighted by atomic mass is 16.5. The Labute approximate surface area is 302 Å². The van der Waals surface area contributed by atoms with Crippen molar-refractivity contribution in [1.29, 1.82) is 0 Å². The number of ether oxygens (including phenoxy) is 5. The van der Waals surface area contributed by atoms with Crippen LogP contribution < -0.4 is 10.2 Å². The van der Waals surface area contributed by atoms with Crippen LogP contribution in [0.4, 0.5) is 11.5 Å². The Hall–Kier alpha value is -3.24. The molecule has 2 aromatic heterocycles. The number of aryl methyl sites for hydroxylation is 1. The van der Waals surface area contributed by atoms with Gasteiger partial charge in [0.05, 0.1) is 91.5 Å². The summed E-state index contributed by atoms with van der Waals surface area (Å²) in [6.45, 7) is 13.3.